The van der Waals surface area contributed by atoms with Crippen LogP contribution in [-0.4, -0.2) is 5.33 Å². The van der Waals surface area contributed by atoms with Gasteiger partial charge in [0.15, 0.2) is 0 Å². The van der Waals surface area contributed by atoms with Crippen LogP contribution in [0.3, 0.4) is 0 Å². The van der Waals surface area contributed by atoms with E-state index in [0.29, 0.717) is 4.47 Å². The summed E-state index contributed by atoms with van der Waals surface area (Å²) in [6.45, 7) is 0. The second-order valence-corrected chi connectivity index (χ2v) is 7.17. The van der Waals surface area contributed by atoms with Gasteiger partial charge in [-0.2, -0.15) is 0 Å². The first-order chi connectivity index (χ1) is 10.2. The molecular formula is C18H17Br2F. The molecule has 0 spiro atoms. The Labute approximate surface area is 142 Å². The van der Waals surface area contributed by atoms with Gasteiger partial charge in [-0.15, -0.1) is 0 Å². The molecule has 2 aromatic rings. The summed E-state index contributed by atoms with van der Waals surface area (Å²) in [5, 5.41) is 0.903. The molecule has 1 atom stereocenters. The average Bonchev–Trinajstić information content (AvgIpc) is 2.52. The number of rotatable bonds is 3. The zero-order valence-corrected chi connectivity index (χ0v) is 14.9. The van der Waals surface area contributed by atoms with Crippen LogP contribution >= 0.6 is 31.9 Å². The van der Waals surface area contributed by atoms with Gasteiger partial charge >= 0.3 is 0 Å². The monoisotopic (exact) mass is 410 g/mol. The third-order valence-corrected chi connectivity index (χ3v) is 6.47. The Morgan fingerprint density at radius 1 is 1.10 bits per heavy atom. The van der Waals surface area contributed by atoms with Gasteiger partial charge in [0.1, 0.15) is 5.82 Å². The number of hydrogen-bond donors (Lipinski definition) is 0. The molecule has 2 aromatic carbocycles. The zero-order valence-electron chi connectivity index (χ0n) is 11.7. The van der Waals surface area contributed by atoms with Crippen LogP contribution in [0.25, 0.3) is 0 Å². The molecule has 1 aliphatic carbocycles. The minimum Gasteiger partial charge on any atom is -0.206 e. The SMILES string of the molecule is Fc1cccc(CC2(CBr)CCCc3ccccc32)c1Br. The van der Waals surface area contributed by atoms with E-state index in [1.54, 1.807) is 6.07 Å². The lowest BCUT2D eigenvalue weighted by Gasteiger charge is -2.38. The normalized spacial score (nSPS) is 21.1. The highest BCUT2D eigenvalue weighted by atomic mass is 79.9. The van der Waals surface area contributed by atoms with E-state index in [9.17, 15) is 4.39 Å². The first-order valence-corrected chi connectivity index (χ1v) is 9.15. The highest BCUT2D eigenvalue weighted by molar-refractivity contribution is 9.10. The molecule has 0 heterocycles. The highest BCUT2D eigenvalue weighted by Gasteiger charge is 2.36. The quantitative estimate of drug-likeness (QED) is 0.560. The summed E-state index contributed by atoms with van der Waals surface area (Å²) in [5.41, 5.74) is 3.97. The zero-order chi connectivity index (χ0) is 14.9. The largest absolute Gasteiger partial charge is 0.206 e. The van der Waals surface area contributed by atoms with Gasteiger partial charge in [-0.1, -0.05) is 52.3 Å². The Hall–Kier alpha value is -0.670. The Bertz CT molecular complexity index is 653. The van der Waals surface area contributed by atoms with E-state index in [1.165, 1.54) is 23.6 Å². The van der Waals surface area contributed by atoms with Gasteiger partial charge in [-0.3, -0.25) is 0 Å². The van der Waals surface area contributed by atoms with E-state index < -0.39 is 0 Å². The molecule has 0 nitrogen and oxygen atoms in total. The lowest BCUT2D eigenvalue weighted by molar-refractivity contribution is 0.400. The molecule has 0 fully saturated rings. The molecule has 110 valence electrons. The van der Waals surface area contributed by atoms with Crippen molar-refractivity contribution < 1.29 is 4.39 Å². The van der Waals surface area contributed by atoms with Crippen molar-refractivity contribution in [2.45, 2.75) is 31.1 Å². The van der Waals surface area contributed by atoms with Crippen LogP contribution in [0, 0.1) is 5.82 Å². The summed E-state index contributed by atoms with van der Waals surface area (Å²) in [6, 6.07) is 14.0. The van der Waals surface area contributed by atoms with Gasteiger partial charge in [0.05, 0.1) is 4.47 Å². The van der Waals surface area contributed by atoms with Crippen LogP contribution in [-0.2, 0) is 18.3 Å². The Kier molecular flexibility index (Phi) is 4.51. The fourth-order valence-electron chi connectivity index (χ4n) is 3.43. The second kappa shape index (κ2) is 6.21. The molecule has 3 heteroatoms. The molecule has 0 N–H and O–H groups in total. The maximum atomic E-state index is 13.8. The number of halogens is 3. The second-order valence-electron chi connectivity index (χ2n) is 5.81. The van der Waals surface area contributed by atoms with Crippen LogP contribution in [0.15, 0.2) is 46.9 Å². The summed E-state index contributed by atoms with van der Waals surface area (Å²) < 4.78 is 14.4. The average molecular weight is 412 g/mol. The molecule has 0 saturated carbocycles. The van der Waals surface area contributed by atoms with Crippen LogP contribution in [0.1, 0.15) is 29.5 Å². The van der Waals surface area contributed by atoms with Gasteiger partial charge in [-0.25, -0.2) is 4.39 Å². The number of hydrogen-bond acceptors (Lipinski definition) is 0. The fraction of sp³-hybridized carbons (Fsp3) is 0.333. The third kappa shape index (κ3) is 2.83. The number of aryl methyl sites for hydroxylation is 1. The summed E-state index contributed by atoms with van der Waals surface area (Å²) in [6.07, 6.45) is 4.33. The van der Waals surface area contributed by atoms with Gasteiger partial charge < -0.3 is 0 Å². The van der Waals surface area contributed by atoms with E-state index in [4.69, 9.17) is 0 Å². The molecule has 3 rings (SSSR count). The summed E-state index contributed by atoms with van der Waals surface area (Å²) in [7, 11) is 0. The minimum atomic E-state index is -0.179. The van der Waals surface area contributed by atoms with E-state index >= 15 is 0 Å². The fourth-order valence-corrected chi connectivity index (χ4v) is 4.61. The number of alkyl halides is 1. The lowest BCUT2D eigenvalue weighted by Crippen LogP contribution is -2.35. The van der Waals surface area contributed by atoms with Crippen molar-refractivity contribution in [3.8, 4) is 0 Å². The van der Waals surface area contributed by atoms with Gasteiger partial charge in [0.25, 0.3) is 0 Å². The predicted octanol–water partition coefficient (Wildman–Crippen LogP) is 5.80. The van der Waals surface area contributed by atoms with Crippen molar-refractivity contribution in [2.75, 3.05) is 5.33 Å². The first-order valence-electron chi connectivity index (χ1n) is 7.23. The number of benzene rings is 2. The topological polar surface area (TPSA) is 0 Å². The molecule has 21 heavy (non-hydrogen) atoms. The Morgan fingerprint density at radius 3 is 2.71 bits per heavy atom. The summed E-state index contributed by atoms with van der Waals surface area (Å²) in [4.78, 5) is 0. The van der Waals surface area contributed by atoms with Crippen molar-refractivity contribution >= 4 is 31.9 Å². The molecule has 0 aliphatic heterocycles. The van der Waals surface area contributed by atoms with Crippen LogP contribution in [0.2, 0.25) is 0 Å². The minimum absolute atomic E-state index is 0.0607. The molecule has 0 saturated heterocycles. The van der Waals surface area contributed by atoms with Crippen molar-refractivity contribution in [2.24, 2.45) is 0 Å². The van der Waals surface area contributed by atoms with Crippen molar-refractivity contribution in [3.63, 3.8) is 0 Å². The summed E-state index contributed by atoms with van der Waals surface area (Å²) in [5.74, 6) is -0.179. The predicted molar refractivity (Wildman–Crippen MR) is 92.7 cm³/mol. The molecule has 0 aromatic heterocycles. The molecule has 1 unspecified atom stereocenters. The van der Waals surface area contributed by atoms with E-state index in [-0.39, 0.29) is 11.2 Å². The molecule has 0 bridgehead atoms. The molecule has 1 aliphatic rings. The van der Waals surface area contributed by atoms with Crippen LogP contribution in [0.4, 0.5) is 4.39 Å². The van der Waals surface area contributed by atoms with Crippen LogP contribution in [0.5, 0.6) is 0 Å². The van der Waals surface area contributed by atoms with Gasteiger partial charge in [-0.05, 0) is 64.4 Å². The highest BCUT2D eigenvalue weighted by Crippen LogP contribution is 2.42. The van der Waals surface area contributed by atoms with Crippen molar-refractivity contribution in [1.29, 1.82) is 0 Å². The first kappa shape index (κ1) is 15.2. The molecule has 0 amide bonds. The standard InChI is InChI=1S/C18H17Br2F/c19-12-18(11-14-6-3-9-16(21)17(14)20)10-4-7-13-5-1-2-8-15(13)18/h1-3,5-6,8-9H,4,7,10-12H2. The van der Waals surface area contributed by atoms with Crippen molar-refractivity contribution in [1.82, 2.24) is 0 Å². The molecule has 0 radical (unpaired) electrons. The van der Waals surface area contributed by atoms with Gasteiger partial charge in [0, 0.05) is 10.7 Å². The van der Waals surface area contributed by atoms with E-state index in [0.717, 1.165) is 30.2 Å². The lowest BCUT2D eigenvalue weighted by atomic mass is 9.68. The van der Waals surface area contributed by atoms with Crippen LogP contribution < -0.4 is 0 Å². The Balaban J connectivity index is 2.04. The Morgan fingerprint density at radius 2 is 1.90 bits per heavy atom. The van der Waals surface area contributed by atoms with Crippen molar-refractivity contribution in [3.05, 3.63) is 69.4 Å². The van der Waals surface area contributed by atoms with E-state index in [2.05, 4.69) is 56.1 Å². The maximum Gasteiger partial charge on any atom is 0.137 e. The molecular weight excluding hydrogens is 395 g/mol. The van der Waals surface area contributed by atoms with E-state index in [1.807, 2.05) is 6.07 Å². The number of fused-ring (bicyclic) bond motifs is 1. The summed E-state index contributed by atoms with van der Waals surface area (Å²) >= 11 is 7.14. The smallest absolute Gasteiger partial charge is 0.137 e. The third-order valence-electron chi connectivity index (χ3n) is 4.51. The van der Waals surface area contributed by atoms with Gasteiger partial charge in [0.2, 0.25) is 0 Å². The maximum absolute atomic E-state index is 13.8.